The Hall–Kier alpha value is -2.08. The summed E-state index contributed by atoms with van der Waals surface area (Å²) in [6.45, 7) is -0.537. The molecule has 0 saturated carbocycles. The van der Waals surface area contributed by atoms with Crippen LogP contribution in [0, 0.1) is 0 Å². The number of carbonyl (C=O) groups excluding carboxylic acids is 1. The number of phenols is 1. The van der Waals surface area contributed by atoms with Gasteiger partial charge in [-0.15, -0.1) is 0 Å². The van der Waals surface area contributed by atoms with Gasteiger partial charge >= 0.3 is 11.9 Å². The predicted octanol–water partition coefficient (Wildman–Crippen LogP) is 0.0923. The third-order valence-corrected chi connectivity index (χ3v) is 1.84. The van der Waals surface area contributed by atoms with E-state index >= 15 is 0 Å². The maximum atomic E-state index is 11.4. The van der Waals surface area contributed by atoms with Crippen molar-refractivity contribution >= 4 is 11.9 Å². The van der Waals surface area contributed by atoms with Gasteiger partial charge in [-0.25, -0.2) is 9.59 Å². The Morgan fingerprint density at radius 3 is 2.62 bits per heavy atom. The van der Waals surface area contributed by atoms with E-state index in [0.717, 1.165) is 0 Å². The zero-order chi connectivity index (χ0) is 12.1. The van der Waals surface area contributed by atoms with Gasteiger partial charge in [-0.1, -0.05) is 6.07 Å². The summed E-state index contributed by atoms with van der Waals surface area (Å²) in [5.74, 6) is -2.43. The van der Waals surface area contributed by atoms with Gasteiger partial charge in [0.1, 0.15) is 11.3 Å². The van der Waals surface area contributed by atoms with Crippen molar-refractivity contribution in [3.05, 3.63) is 29.3 Å². The lowest BCUT2D eigenvalue weighted by Crippen LogP contribution is -2.13. The van der Waals surface area contributed by atoms with Crippen LogP contribution in [-0.4, -0.2) is 28.8 Å². The minimum atomic E-state index is -1.26. The van der Waals surface area contributed by atoms with Crippen LogP contribution in [0.15, 0.2) is 18.2 Å². The van der Waals surface area contributed by atoms with E-state index in [1.165, 1.54) is 12.1 Å². The second-order valence-corrected chi connectivity index (χ2v) is 3.03. The van der Waals surface area contributed by atoms with E-state index in [4.69, 9.17) is 10.8 Å². The summed E-state index contributed by atoms with van der Waals surface area (Å²) in [5.41, 5.74) is 5.91. The highest BCUT2D eigenvalue weighted by molar-refractivity contribution is 5.93. The number of carboxylic acid groups (broad SMARTS) is 1. The number of carbonyl (C=O) groups is 2. The number of carboxylic acids is 1. The first kappa shape index (κ1) is 12.0. The first-order chi connectivity index (χ1) is 7.54. The molecule has 0 radical (unpaired) electrons. The number of ether oxygens (including phenoxy) is 1. The van der Waals surface area contributed by atoms with Crippen LogP contribution in [0.4, 0.5) is 0 Å². The molecular weight excluding hydrogens is 214 g/mol. The molecule has 6 heteroatoms. The zero-order valence-electron chi connectivity index (χ0n) is 8.34. The van der Waals surface area contributed by atoms with Gasteiger partial charge in [0, 0.05) is 6.54 Å². The standard InChI is InChI=1S/C10H11NO5/c11-4-6-1-2-8(12)7(3-6)10(15)16-5-9(13)14/h1-3,12H,4-5,11H2,(H,13,14). The van der Waals surface area contributed by atoms with Gasteiger partial charge in [0.25, 0.3) is 0 Å². The van der Waals surface area contributed by atoms with Crippen molar-refractivity contribution in [2.24, 2.45) is 5.73 Å². The van der Waals surface area contributed by atoms with Crippen molar-refractivity contribution < 1.29 is 24.5 Å². The molecule has 0 unspecified atom stereocenters. The van der Waals surface area contributed by atoms with Crippen molar-refractivity contribution in [1.29, 1.82) is 0 Å². The number of rotatable bonds is 4. The molecule has 4 N–H and O–H groups in total. The Balaban J connectivity index is 2.85. The minimum Gasteiger partial charge on any atom is -0.507 e. The number of aliphatic carboxylic acids is 1. The average Bonchev–Trinajstić information content (AvgIpc) is 2.26. The molecule has 16 heavy (non-hydrogen) atoms. The molecule has 1 rings (SSSR count). The van der Waals surface area contributed by atoms with E-state index < -0.39 is 18.5 Å². The van der Waals surface area contributed by atoms with E-state index in [9.17, 15) is 14.7 Å². The Labute approximate surface area is 91.3 Å². The molecule has 6 nitrogen and oxygen atoms in total. The first-order valence-corrected chi connectivity index (χ1v) is 4.45. The Morgan fingerprint density at radius 1 is 1.38 bits per heavy atom. The highest BCUT2D eigenvalue weighted by atomic mass is 16.5. The average molecular weight is 225 g/mol. The Bertz CT molecular complexity index is 416. The van der Waals surface area contributed by atoms with Crippen LogP contribution in [0.1, 0.15) is 15.9 Å². The minimum absolute atomic E-state index is 0.0933. The van der Waals surface area contributed by atoms with Crippen LogP contribution in [0.3, 0.4) is 0 Å². The SMILES string of the molecule is NCc1ccc(O)c(C(=O)OCC(=O)O)c1. The monoisotopic (exact) mass is 225 g/mol. The molecule has 0 aliphatic carbocycles. The molecule has 0 aliphatic rings. The quantitative estimate of drug-likeness (QED) is 0.626. The number of aromatic hydroxyl groups is 1. The molecule has 0 bridgehead atoms. The summed E-state index contributed by atoms with van der Waals surface area (Å²) in [5, 5.41) is 17.7. The summed E-state index contributed by atoms with van der Waals surface area (Å²) < 4.78 is 4.43. The summed E-state index contributed by atoms with van der Waals surface area (Å²) in [6.07, 6.45) is 0. The van der Waals surface area contributed by atoms with Gasteiger partial charge in [-0.2, -0.15) is 0 Å². The van der Waals surface area contributed by atoms with Gasteiger partial charge in [-0.3, -0.25) is 0 Å². The van der Waals surface area contributed by atoms with Crippen LogP contribution in [0.2, 0.25) is 0 Å². The summed E-state index contributed by atoms with van der Waals surface area (Å²) >= 11 is 0. The lowest BCUT2D eigenvalue weighted by atomic mass is 10.1. The molecular formula is C10H11NO5. The molecule has 0 aliphatic heterocycles. The van der Waals surface area contributed by atoms with E-state index in [0.29, 0.717) is 5.56 Å². The van der Waals surface area contributed by atoms with Gasteiger partial charge in [0.05, 0.1) is 0 Å². The molecule has 1 aromatic rings. The van der Waals surface area contributed by atoms with Gasteiger partial charge in [-0.05, 0) is 17.7 Å². The predicted molar refractivity (Wildman–Crippen MR) is 53.9 cm³/mol. The number of phenolic OH excluding ortho intramolecular Hbond substituents is 1. The zero-order valence-corrected chi connectivity index (χ0v) is 8.34. The number of hydrogen-bond donors (Lipinski definition) is 3. The molecule has 1 aromatic carbocycles. The van der Waals surface area contributed by atoms with E-state index in [1.807, 2.05) is 0 Å². The van der Waals surface area contributed by atoms with E-state index in [1.54, 1.807) is 6.07 Å². The fourth-order valence-corrected chi connectivity index (χ4v) is 1.08. The number of nitrogens with two attached hydrogens (primary N) is 1. The number of hydrogen-bond acceptors (Lipinski definition) is 5. The summed E-state index contributed by atoms with van der Waals surface area (Å²) in [7, 11) is 0. The van der Waals surface area contributed by atoms with Crippen molar-refractivity contribution in [1.82, 2.24) is 0 Å². The number of esters is 1. The number of benzene rings is 1. The van der Waals surface area contributed by atoms with Crippen LogP contribution >= 0.6 is 0 Å². The lowest BCUT2D eigenvalue weighted by molar-refractivity contribution is -0.140. The van der Waals surface area contributed by atoms with Crippen molar-refractivity contribution in [2.45, 2.75) is 6.54 Å². The Kier molecular flexibility index (Phi) is 3.84. The van der Waals surface area contributed by atoms with Gasteiger partial charge in [0.2, 0.25) is 0 Å². The normalized spacial score (nSPS) is 9.81. The maximum absolute atomic E-state index is 11.4. The largest absolute Gasteiger partial charge is 0.507 e. The molecule has 0 heterocycles. The van der Waals surface area contributed by atoms with Gasteiger partial charge < -0.3 is 20.7 Å². The topological polar surface area (TPSA) is 110 Å². The van der Waals surface area contributed by atoms with Gasteiger partial charge in [0.15, 0.2) is 6.61 Å². The van der Waals surface area contributed by atoms with Crippen molar-refractivity contribution in [2.75, 3.05) is 6.61 Å². The van der Waals surface area contributed by atoms with E-state index in [-0.39, 0.29) is 17.9 Å². The molecule has 0 amide bonds. The van der Waals surface area contributed by atoms with Crippen molar-refractivity contribution in [3.63, 3.8) is 0 Å². The fraction of sp³-hybridized carbons (Fsp3) is 0.200. The molecule has 0 aromatic heterocycles. The third-order valence-electron chi connectivity index (χ3n) is 1.84. The highest BCUT2D eigenvalue weighted by Crippen LogP contribution is 2.19. The molecule has 86 valence electrons. The molecule has 0 spiro atoms. The molecule has 0 fully saturated rings. The van der Waals surface area contributed by atoms with Crippen LogP contribution in [0.5, 0.6) is 5.75 Å². The van der Waals surface area contributed by atoms with Crippen molar-refractivity contribution in [3.8, 4) is 5.75 Å². The fourth-order valence-electron chi connectivity index (χ4n) is 1.08. The Morgan fingerprint density at radius 2 is 2.06 bits per heavy atom. The third kappa shape index (κ3) is 2.96. The van der Waals surface area contributed by atoms with Crippen LogP contribution in [-0.2, 0) is 16.1 Å². The first-order valence-electron chi connectivity index (χ1n) is 4.45. The second-order valence-electron chi connectivity index (χ2n) is 3.03. The summed E-state index contributed by atoms with van der Waals surface area (Å²) in [6, 6.07) is 4.22. The highest BCUT2D eigenvalue weighted by Gasteiger charge is 2.14. The summed E-state index contributed by atoms with van der Waals surface area (Å²) in [4.78, 5) is 21.5. The molecule has 0 saturated heterocycles. The maximum Gasteiger partial charge on any atom is 0.342 e. The van der Waals surface area contributed by atoms with Crippen LogP contribution in [0.25, 0.3) is 0 Å². The second kappa shape index (κ2) is 5.13. The van der Waals surface area contributed by atoms with Crippen LogP contribution < -0.4 is 5.73 Å². The molecule has 0 atom stereocenters. The smallest absolute Gasteiger partial charge is 0.342 e. The lowest BCUT2D eigenvalue weighted by Gasteiger charge is -2.05. The van der Waals surface area contributed by atoms with E-state index in [2.05, 4.69) is 4.74 Å².